The van der Waals surface area contributed by atoms with Crippen LogP contribution in [0.15, 0.2) is 24.4 Å². The smallest absolute Gasteiger partial charge is 0.137 e. The largest absolute Gasteiger partial charge is 0.300 e. The number of hydrogen-bond donors (Lipinski definition) is 1. The summed E-state index contributed by atoms with van der Waals surface area (Å²) in [6.45, 7) is 6.63. The summed E-state index contributed by atoms with van der Waals surface area (Å²) in [4.78, 5) is 4.10. The topological polar surface area (TPSA) is 24.9 Å². The minimum atomic E-state index is -1.26. The van der Waals surface area contributed by atoms with Crippen LogP contribution in [-0.2, 0) is 0 Å². The van der Waals surface area contributed by atoms with Crippen LogP contribution in [0.1, 0.15) is 0 Å². The third-order valence-corrected chi connectivity index (χ3v) is 2.17. The van der Waals surface area contributed by atoms with Crippen molar-refractivity contribution in [3.63, 3.8) is 0 Å². The van der Waals surface area contributed by atoms with Crippen LogP contribution in [0.2, 0.25) is 19.6 Å². The molecule has 0 aliphatic rings. The molecular weight excluding hydrogens is 176 g/mol. The third-order valence-electron chi connectivity index (χ3n) is 1.29. The van der Waals surface area contributed by atoms with Gasteiger partial charge in [0.2, 0.25) is 0 Å². The van der Waals surface area contributed by atoms with Gasteiger partial charge in [-0.15, -0.1) is 5.54 Å². The number of rotatable bonds is 1. The maximum atomic E-state index is 4.10. The summed E-state index contributed by atoms with van der Waals surface area (Å²) >= 11 is 0. The lowest BCUT2D eigenvalue weighted by atomic mass is 10.5. The molecule has 0 radical (unpaired) electrons. The molecule has 0 unspecified atom stereocenters. The summed E-state index contributed by atoms with van der Waals surface area (Å²) < 4.78 is 0. The molecule has 0 spiro atoms. The van der Waals surface area contributed by atoms with Gasteiger partial charge in [0.1, 0.15) is 13.9 Å². The summed E-state index contributed by atoms with van der Waals surface area (Å²) in [6, 6.07) is 8.66. The molecule has 13 heavy (non-hydrogen) atoms. The van der Waals surface area contributed by atoms with Crippen molar-refractivity contribution in [2.24, 2.45) is 0 Å². The molecule has 0 aromatic carbocycles. The Hall–Kier alpha value is -1.27. The SMILES string of the molecule is C[Si](C)(C)C#CNc1ccccn1. The maximum absolute atomic E-state index is 4.10. The summed E-state index contributed by atoms with van der Waals surface area (Å²) in [7, 11) is -1.26. The zero-order valence-electron chi connectivity index (χ0n) is 8.26. The molecule has 1 aromatic rings. The Morgan fingerprint density at radius 2 is 2.08 bits per heavy atom. The molecule has 0 saturated carbocycles. The van der Waals surface area contributed by atoms with E-state index < -0.39 is 8.07 Å². The van der Waals surface area contributed by atoms with Crippen molar-refractivity contribution in [2.75, 3.05) is 5.32 Å². The van der Waals surface area contributed by atoms with Gasteiger partial charge in [0, 0.05) is 12.2 Å². The van der Waals surface area contributed by atoms with E-state index in [1.54, 1.807) is 6.20 Å². The fourth-order valence-electron chi connectivity index (χ4n) is 0.719. The summed E-state index contributed by atoms with van der Waals surface area (Å²) in [5.41, 5.74) is 3.21. The molecule has 1 rings (SSSR count). The molecule has 3 heteroatoms. The summed E-state index contributed by atoms with van der Waals surface area (Å²) in [5.74, 6) is 0.813. The van der Waals surface area contributed by atoms with E-state index in [0.717, 1.165) is 5.82 Å². The van der Waals surface area contributed by atoms with E-state index in [1.807, 2.05) is 18.2 Å². The zero-order chi connectivity index (χ0) is 9.73. The highest BCUT2D eigenvalue weighted by molar-refractivity contribution is 6.83. The number of nitrogens with zero attached hydrogens (tertiary/aromatic N) is 1. The minimum Gasteiger partial charge on any atom is -0.300 e. The van der Waals surface area contributed by atoms with Crippen molar-refractivity contribution >= 4 is 13.9 Å². The Kier molecular flexibility index (Phi) is 3.10. The van der Waals surface area contributed by atoms with Gasteiger partial charge in [-0.3, -0.25) is 5.32 Å². The molecule has 0 aliphatic carbocycles. The molecule has 0 fully saturated rings. The lowest BCUT2D eigenvalue weighted by Crippen LogP contribution is -2.16. The van der Waals surface area contributed by atoms with Crippen molar-refractivity contribution in [3.8, 4) is 11.6 Å². The highest BCUT2D eigenvalue weighted by Crippen LogP contribution is 1.99. The molecule has 1 heterocycles. The highest BCUT2D eigenvalue weighted by atomic mass is 28.3. The van der Waals surface area contributed by atoms with Crippen LogP contribution in [-0.4, -0.2) is 13.1 Å². The number of hydrogen-bond acceptors (Lipinski definition) is 2. The second kappa shape index (κ2) is 4.10. The molecule has 2 nitrogen and oxygen atoms in total. The maximum Gasteiger partial charge on any atom is 0.137 e. The first-order valence-electron chi connectivity index (χ1n) is 4.27. The Labute approximate surface area is 80.4 Å². The fraction of sp³-hybridized carbons (Fsp3) is 0.300. The average Bonchev–Trinajstić information content (AvgIpc) is 2.04. The van der Waals surface area contributed by atoms with Gasteiger partial charge >= 0.3 is 0 Å². The van der Waals surface area contributed by atoms with E-state index in [9.17, 15) is 0 Å². The van der Waals surface area contributed by atoms with Crippen LogP contribution >= 0.6 is 0 Å². The van der Waals surface area contributed by atoms with E-state index >= 15 is 0 Å². The molecule has 0 amide bonds. The first kappa shape index (κ1) is 9.81. The van der Waals surface area contributed by atoms with Gasteiger partial charge in [-0.2, -0.15) is 0 Å². The molecular formula is C10H14N2Si. The number of pyridine rings is 1. The van der Waals surface area contributed by atoms with Gasteiger partial charge in [0.25, 0.3) is 0 Å². The standard InChI is InChI=1S/C10H14N2Si/c1-13(2,3)9-8-12-10-6-4-5-7-11-10/h4-7H,1-3H3,(H,11,12). The van der Waals surface area contributed by atoms with Crippen molar-refractivity contribution in [1.82, 2.24) is 4.98 Å². The lowest BCUT2D eigenvalue weighted by Gasteiger charge is -2.03. The summed E-state index contributed by atoms with van der Waals surface area (Å²) in [6.07, 6.45) is 1.75. The van der Waals surface area contributed by atoms with Gasteiger partial charge in [-0.05, 0) is 12.1 Å². The highest BCUT2D eigenvalue weighted by Gasteiger charge is 2.07. The molecule has 0 aliphatic heterocycles. The van der Waals surface area contributed by atoms with Gasteiger partial charge in [-0.1, -0.05) is 25.7 Å². The zero-order valence-corrected chi connectivity index (χ0v) is 9.26. The molecule has 0 atom stereocenters. The van der Waals surface area contributed by atoms with Crippen LogP contribution in [0, 0.1) is 11.6 Å². The number of anilines is 1. The Morgan fingerprint density at radius 1 is 1.31 bits per heavy atom. The Morgan fingerprint density at radius 3 is 2.62 bits per heavy atom. The van der Waals surface area contributed by atoms with Crippen LogP contribution in [0.3, 0.4) is 0 Å². The van der Waals surface area contributed by atoms with Crippen LogP contribution in [0.25, 0.3) is 0 Å². The van der Waals surface area contributed by atoms with Gasteiger partial charge in [0.05, 0.1) is 0 Å². The molecule has 1 N–H and O–H groups in total. The molecule has 68 valence electrons. The van der Waals surface area contributed by atoms with E-state index in [1.165, 1.54) is 0 Å². The third kappa shape index (κ3) is 4.34. The van der Waals surface area contributed by atoms with E-state index in [2.05, 4.69) is 41.5 Å². The molecule has 1 aromatic heterocycles. The van der Waals surface area contributed by atoms with Gasteiger partial charge in [0.15, 0.2) is 0 Å². The van der Waals surface area contributed by atoms with E-state index in [-0.39, 0.29) is 0 Å². The average molecular weight is 190 g/mol. The van der Waals surface area contributed by atoms with Gasteiger partial charge < -0.3 is 0 Å². The quantitative estimate of drug-likeness (QED) is 0.418. The Balaban J connectivity index is 2.56. The fourth-order valence-corrected chi connectivity index (χ4v) is 1.16. The van der Waals surface area contributed by atoms with Crippen molar-refractivity contribution in [3.05, 3.63) is 24.4 Å². The van der Waals surface area contributed by atoms with E-state index in [0.29, 0.717) is 0 Å². The van der Waals surface area contributed by atoms with E-state index in [4.69, 9.17) is 0 Å². The first-order chi connectivity index (χ1) is 6.08. The van der Waals surface area contributed by atoms with Crippen LogP contribution < -0.4 is 5.32 Å². The predicted molar refractivity (Wildman–Crippen MR) is 59.0 cm³/mol. The van der Waals surface area contributed by atoms with Crippen molar-refractivity contribution in [1.29, 1.82) is 0 Å². The van der Waals surface area contributed by atoms with Crippen LogP contribution in [0.4, 0.5) is 5.82 Å². The predicted octanol–water partition coefficient (Wildman–Crippen LogP) is 2.33. The number of aromatic nitrogens is 1. The van der Waals surface area contributed by atoms with Gasteiger partial charge in [-0.25, -0.2) is 4.98 Å². The lowest BCUT2D eigenvalue weighted by molar-refractivity contribution is 1.32. The Bertz CT molecular complexity index is 316. The second-order valence-electron chi connectivity index (χ2n) is 3.84. The normalized spacial score (nSPS) is 10.1. The van der Waals surface area contributed by atoms with Crippen molar-refractivity contribution in [2.45, 2.75) is 19.6 Å². The first-order valence-corrected chi connectivity index (χ1v) is 7.77. The number of nitrogens with one attached hydrogen (secondary N) is 1. The second-order valence-corrected chi connectivity index (χ2v) is 8.59. The summed E-state index contributed by atoms with van der Waals surface area (Å²) in [5, 5.41) is 2.96. The van der Waals surface area contributed by atoms with Crippen molar-refractivity contribution < 1.29 is 0 Å². The molecule has 0 saturated heterocycles. The van der Waals surface area contributed by atoms with Crippen LogP contribution in [0.5, 0.6) is 0 Å². The minimum absolute atomic E-state index is 0.813. The monoisotopic (exact) mass is 190 g/mol. The molecule has 0 bridgehead atoms.